The first-order valence-electron chi connectivity index (χ1n) is 9.26. The first-order valence-corrected chi connectivity index (χ1v) is 9.26. The Morgan fingerprint density at radius 2 is 2.04 bits per heavy atom. The number of benzene rings is 1. The minimum atomic E-state index is -0.836. The quantitative estimate of drug-likeness (QED) is 0.809. The first-order chi connectivity index (χ1) is 12.8. The zero-order valence-corrected chi connectivity index (χ0v) is 15.8. The number of aromatic nitrogens is 1. The van der Waals surface area contributed by atoms with Crippen molar-refractivity contribution in [2.24, 2.45) is 5.41 Å². The molecule has 1 aromatic heterocycles. The molecule has 1 aliphatic carbocycles. The summed E-state index contributed by atoms with van der Waals surface area (Å²) in [4.78, 5) is 17.6. The number of pyridine rings is 1. The molecule has 2 heterocycles. The van der Waals surface area contributed by atoms with E-state index in [1.807, 2.05) is 13.0 Å². The molecule has 0 saturated carbocycles. The number of fused-ring (bicyclic) bond motifs is 1. The number of phenols is 1. The minimum absolute atomic E-state index is 0.0638. The van der Waals surface area contributed by atoms with Crippen molar-refractivity contribution < 1.29 is 14.3 Å². The smallest absolute Gasteiger partial charge is 0.162 e. The van der Waals surface area contributed by atoms with Crippen LogP contribution in [0.2, 0.25) is 0 Å². The van der Waals surface area contributed by atoms with E-state index in [4.69, 9.17) is 0 Å². The maximum atomic E-state index is 14.2. The number of hydrogen-bond acceptors (Lipinski definition) is 4. The zero-order valence-electron chi connectivity index (χ0n) is 15.8. The van der Waals surface area contributed by atoms with E-state index in [-0.39, 0.29) is 16.9 Å². The molecule has 1 atom stereocenters. The summed E-state index contributed by atoms with van der Waals surface area (Å²) in [5.74, 6) is 0.316. The molecule has 2 aromatic rings. The SMILES string of the molecule is CC[C@]1(c2cccc(O)c2)C2=C(CC(C)(C)CC2=O)Nc2ncc(F)cc21. The second-order valence-corrected chi connectivity index (χ2v) is 8.28. The monoisotopic (exact) mass is 366 g/mol. The number of aromatic hydroxyl groups is 1. The average molecular weight is 366 g/mol. The minimum Gasteiger partial charge on any atom is -0.508 e. The molecule has 140 valence electrons. The Morgan fingerprint density at radius 3 is 2.74 bits per heavy atom. The number of rotatable bonds is 2. The number of phenolic OH excluding ortho intramolecular Hbond substituents is 1. The summed E-state index contributed by atoms with van der Waals surface area (Å²) in [6.07, 6.45) is 2.90. The third-order valence-electron chi connectivity index (χ3n) is 5.75. The highest BCUT2D eigenvalue weighted by Crippen LogP contribution is 2.54. The fraction of sp³-hybridized carbons (Fsp3) is 0.364. The van der Waals surface area contributed by atoms with Crippen molar-refractivity contribution >= 4 is 11.6 Å². The lowest BCUT2D eigenvalue weighted by Gasteiger charge is -2.46. The van der Waals surface area contributed by atoms with Gasteiger partial charge < -0.3 is 10.4 Å². The molecule has 4 rings (SSSR count). The van der Waals surface area contributed by atoms with Gasteiger partial charge in [-0.1, -0.05) is 32.9 Å². The van der Waals surface area contributed by atoms with E-state index < -0.39 is 11.2 Å². The van der Waals surface area contributed by atoms with E-state index in [2.05, 4.69) is 24.1 Å². The van der Waals surface area contributed by atoms with Crippen molar-refractivity contribution in [2.45, 2.75) is 45.4 Å². The van der Waals surface area contributed by atoms with Crippen LogP contribution in [-0.4, -0.2) is 15.9 Å². The van der Waals surface area contributed by atoms with Crippen LogP contribution in [0.1, 0.15) is 51.2 Å². The fourth-order valence-electron chi connectivity index (χ4n) is 4.71. The normalized spacial score (nSPS) is 23.5. The Morgan fingerprint density at radius 1 is 1.26 bits per heavy atom. The van der Waals surface area contributed by atoms with Gasteiger partial charge in [-0.25, -0.2) is 9.37 Å². The summed E-state index contributed by atoms with van der Waals surface area (Å²) in [6, 6.07) is 8.37. The van der Waals surface area contributed by atoms with Crippen molar-refractivity contribution in [3.63, 3.8) is 0 Å². The van der Waals surface area contributed by atoms with Crippen LogP contribution >= 0.6 is 0 Å². The van der Waals surface area contributed by atoms with Crippen LogP contribution in [0.3, 0.4) is 0 Å². The van der Waals surface area contributed by atoms with Crippen LogP contribution < -0.4 is 5.32 Å². The highest BCUT2D eigenvalue weighted by atomic mass is 19.1. The summed E-state index contributed by atoms with van der Waals surface area (Å²) in [5.41, 5.74) is 1.96. The molecule has 27 heavy (non-hydrogen) atoms. The Labute approximate surface area is 158 Å². The molecule has 0 saturated heterocycles. The van der Waals surface area contributed by atoms with Gasteiger partial charge in [-0.15, -0.1) is 0 Å². The molecule has 0 unspecified atom stereocenters. The molecule has 2 aliphatic rings. The number of carbonyl (C=O) groups is 1. The number of hydrogen-bond donors (Lipinski definition) is 2. The Bertz CT molecular complexity index is 980. The molecule has 0 bridgehead atoms. The van der Waals surface area contributed by atoms with Crippen LogP contribution in [-0.2, 0) is 10.2 Å². The van der Waals surface area contributed by atoms with Gasteiger partial charge in [-0.2, -0.15) is 0 Å². The van der Waals surface area contributed by atoms with Crippen LogP contribution in [0.25, 0.3) is 0 Å². The third kappa shape index (κ3) is 2.64. The molecular weight excluding hydrogens is 343 g/mol. The Kier molecular flexibility index (Phi) is 3.88. The lowest BCUT2D eigenvalue weighted by Crippen LogP contribution is -2.43. The summed E-state index contributed by atoms with van der Waals surface area (Å²) in [5, 5.41) is 13.4. The van der Waals surface area contributed by atoms with Crippen LogP contribution in [0.5, 0.6) is 5.75 Å². The van der Waals surface area contributed by atoms with Crippen molar-refractivity contribution in [3.8, 4) is 5.75 Å². The number of Topliss-reactive ketones (excluding diaryl/α,β-unsaturated/α-hetero) is 1. The molecule has 1 aromatic carbocycles. The lowest BCUT2D eigenvalue weighted by molar-refractivity contribution is -0.118. The molecule has 0 radical (unpaired) electrons. The van der Waals surface area contributed by atoms with E-state index in [1.165, 1.54) is 12.3 Å². The highest BCUT2D eigenvalue weighted by Gasteiger charge is 2.49. The van der Waals surface area contributed by atoms with Gasteiger partial charge >= 0.3 is 0 Å². The molecule has 5 heteroatoms. The average Bonchev–Trinajstić information content (AvgIpc) is 2.59. The summed E-state index contributed by atoms with van der Waals surface area (Å²) >= 11 is 0. The van der Waals surface area contributed by atoms with Crippen molar-refractivity contribution in [3.05, 3.63) is 64.7 Å². The topological polar surface area (TPSA) is 62.2 Å². The second-order valence-electron chi connectivity index (χ2n) is 8.28. The van der Waals surface area contributed by atoms with Gasteiger partial charge in [0.25, 0.3) is 0 Å². The largest absolute Gasteiger partial charge is 0.508 e. The maximum Gasteiger partial charge on any atom is 0.162 e. The second kappa shape index (κ2) is 5.91. The molecular formula is C22H23FN2O2. The Balaban J connectivity index is 2.08. The van der Waals surface area contributed by atoms with Crippen molar-refractivity contribution in [1.29, 1.82) is 0 Å². The van der Waals surface area contributed by atoms with E-state index in [1.54, 1.807) is 18.2 Å². The number of nitrogens with zero attached hydrogens (tertiary/aromatic N) is 1. The lowest BCUT2D eigenvalue weighted by atomic mass is 9.60. The van der Waals surface area contributed by atoms with Crippen molar-refractivity contribution in [1.82, 2.24) is 4.98 Å². The molecule has 2 N–H and O–H groups in total. The number of halogens is 1. The molecule has 0 amide bonds. The molecule has 0 spiro atoms. The van der Waals surface area contributed by atoms with Gasteiger partial charge in [0.2, 0.25) is 0 Å². The van der Waals surface area contributed by atoms with Crippen LogP contribution in [0, 0.1) is 11.2 Å². The zero-order chi connectivity index (χ0) is 19.4. The molecule has 4 nitrogen and oxygen atoms in total. The van der Waals surface area contributed by atoms with Crippen LogP contribution in [0.4, 0.5) is 10.2 Å². The molecule has 1 aliphatic heterocycles. The number of ketones is 1. The van der Waals surface area contributed by atoms with Gasteiger partial charge in [-0.3, -0.25) is 4.79 Å². The van der Waals surface area contributed by atoms with Gasteiger partial charge in [0.1, 0.15) is 17.4 Å². The van der Waals surface area contributed by atoms with Gasteiger partial charge in [0, 0.05) is 23.3 Å². The van der Waals surface area contributed by atoms with E-state index in [0.29, 0.717) is 36.2 Å². The van der Waals surface area contributed by atoms with Gasteiger partial charge in [-0.05, 0) is 42.0 Å². The molecule has 0 fully saturated rings. The third-order valence-corrected chi connectivity index (χ3v) is 5.75. The van der Waals surface area contributed by atoms with Gasteiger partial charge in [0.05, 0.1) is 11.6 Å². The predicted octanol–water partition coefficient (Wildman–Crippen LogP) is 4.69. The van der Waals surface area contributed by atoms with E-state index in [9.17, 15) is 14.3 Å². The number of anilines is 1. The van der Waals surface area contributed by atoms with Crippen molar-refractivity contribution in [2.75, 3.05) is 5.32 Å². The summed E-state index contributed by atoms with van der Waals surface area (Å²) in [7, 11) is 0. The standard InChI is InChI=1S/C22H23FN2O2/c1-4-22(13-6-5-7-15(26)8-13)16-9-14(23)12-24-20(16)25-17-10-21(2,3)11-18(27)19(17)22/h5-9,12,26H,4,10-11H2,1-3H3,(H,24,25)/t22-/m1/s1. The Hall–Kier alpha value is -2.69. The maximum absolute atomic E-state index is 14.2. The van der Waals surface area contributed by atoms with Gasteiger partial charge in [0.15, 0.2) is 5.78 Å². The number of allylic oxidation sites excluding steroid dienone is 2. The van der Waals surface area contributed by atoms with E-state index >= 15 is 0 Å². The summed E-state index contributed by atoms with van der Waals surface area (Å²) in [6.45, 7) is 6.14. The summed E-state index contributed by atoms with van der Waals surface area (Å²) < 4.78 is 14.2. The van der Waals surface area contributed by atoms with E-state index in [0.717, 1.165) is 11.3 Å². The first kappa shape index (κ1) is 17.7. The number of carbonyl (C=O) groups excluding carboxylic acids is 1. The number of nitrogens with one attached hydrogen (secondary N) is 1. The fourth-order valence-corrected chi connectivity index (χ4v) is 4.71. The van der Waals surface area contributed by atoms with Crippen LogP contribution in [0.15, 0.2) is 47.8 Å². The predicted molar refractivity (Wildman–Crippen MR) is 102 cm³/mol. The highest BCUT2D eigenvalue weighted by molar-refractivity contribution is 6.02.